The number of hydrogen-bond donors (Lipinski definition) is 0. The van der Waals surface area contributed by atoms with Crippen LogP contribution in [0.5, 0.6) is 0 Å². The van der Waals surface area contributed by atoms with Crippen molar-refractivity contribution < 1.29 is 4.79 Å². The molecule has 0 unspecified atom stereocenters. The van der Waals surface area contributed by atoms with E-state index in [1.165, 1.54) is 24.4 Å². The van der Waals surface area contributed by atoms with E-state index in [1.807, 2.05) is 4.90 Å². The molecule has 0 radical (unpaired) electrons. The van der Waals surface area contributed by atoms with Crippen LogP contribution in [0.25, 0.3) is 11.2 Å². The summed E-state index contributed by atoms with van der Waals surface area (Å²) in [7, 11) is 3.04. The normalized spacial score (nSPS) is 18.0. The monoisotopic (exact) mass is 347 g/mol. The van der Waals surface area contributed by atoms with Gasteiger partial charge >= 0.3 is 5.69 Å². The van der Waals surface area contributed by atoms with Crippen LogP contribution in [0.1, 0.15) is 39.0 Å². The summed E-state index contributed by atoms with van der Waals surface area (Å²) in [5.41, 5.74) is -0.0709. The Morgan fingerprint density at radius 3 is 2.72 bits per heavy atom. The Hall–Kier alpha value is -2.38. The Morgan fingerprint density at radius 1 is 1.24 bits per heavy atom. The molecule has 0 saturated carbocycles. The van der Waals surface area contributed by atoms with E-state index >= 15 is 0 Å². The predicted molar refractivity (Wildman–Crippen MR) is 94.5 cm³/mol. The number of piperidine rings is 1. The number of carbonyl (C=O) groups is 1. The third-order valence-electron chi connectivity index (χ3n) is 5.20. The van der Waals surface area contributed by atoms with Gasteiger partial charge in [-0.25, -0.2) is 9.78 Å². The summed E-state index contributed by atoms with van der Waals surface area (Å²) in [5, 5.41) is 0. The van der Waals surface area contributed by atoms with Gasteiger partial charge in [0.2, 0.25) is 5.91 Å². The molecule has 8 nitrogen and oxygen atoms in total. The van der Waals surface area contributed by atoms with Crippen molar-refractivity contribution in [1.29, 1.82) is 0 Å². The molecule has 0 N–H and O–H groups in total. The molecule has 2 aromatic heterocycles. The zero-order valence-corrected chi connectivity index (χ0v) is 15.1. The quantitative estimate of drug-likeness (QED) is 0.812. The second-order valence-electron chi connectivity index (χ2n) is 6.71. The van der Waals surface area contributed by atoms with Gasteiger partial charge < -0.3 is 9.47 Å². The fraction of sp³-hybridized carbons (Fsp3) is 0.647. The molecule has 0 aliphatic carbocycles. The summed E-state index contributed by atoms with van der Waals surface area (Å²) in [6, 6.07) is 0.328. The minimum absolute atomic E-state index is 0.120. The lowest BCUT2D eigenvalue weighted by molar-refractivity contribution is -0.135. The van der Waals surface area contributed by atoms with Gasteiger partial charge in [-0.3, -0.25) is 18.7 Å². The van der Waals surface area contributed by atoms with Crippen LogP contribution < -0.4 is 11.2 Å². The number of nitrogens with zero attached hydrogens (tertiary/aromatic N) is 5. The molecule has 25 heavy (non-hydrogen) atoms. The second-order valence-corrected chi connectivity index (χ2v) is 6.71. The van der Waals surface area contributed by atoms with Crippen molar-refractivity contribution in [1.82, 2.24) is 23.6 Å². The van der Waals surface area contributed by atoms with Crippen LogP contribution in [0.2, 0.25) is 0 Å². The van der Waals surface area contributed by atoms with Crippen LogP contribution in [0.3, 0.4) is 0 Å². The lowest BCUT2D eigenvalue weighted by Gasteiger charge is -2.35. The molecule has 0 aromatic carbocycles. The minimum Gasteiger partial charge on any atom is -0.340 e. The van der Waals surface area contributed by atoms with Crippen LogP contribution in [-0.2, 0) is 25.4 Å². The highest BCUT2D eigenvalue weighted by atomic mass is 16.2. The largest absolute Gasteiger partial charge is 0.340 e. The zero-order chi connectivity index (χ0) is 18.1. The highest BCUT2D eigenvalue weighted by molar-refractivity contribution is 5.77. The maximum absolute atomic E-state index is 12.6. The molecule has 1 amide bonds. The van der Waals surface area contributed by atoms with Gasteiger partial charge in [0, 0.05) is 39.6 Å². The second kappa shape index (κ2) is 6.85. The minimum atomic E-state index is -0.405. The van der Waals surface area contributed by atoms with Crippen molar-refractivity contribution in [2.75, 3.05) is 6.54 Å². The average Bonchev–Trinajstić information content (AvgIpc) is 3.06. The molecule has 136 valence electrons. The molecular weight excluding hydrogens is 322 g/mol. The number of aromatic nitrogens is 4. The maximum Gasteiger partial charge on any atom is 0.332 e. The highest BCUT2D eigenvalue weighted by Crippen LogP contribution is 2.20. The zero-order valence-electron chi connectivity index (χ0n) is 15.1. The van der Waals surface area contributed by atoms with Crippen molar-refractivity contribution in [3.05, 3.63) is 27.2 Å². The molecular formula is C17H25N5O3. The van der Waals surface area contributed by atoms with E-state index in [9.17, 15) is 14.4 Å². The molecule has 0 spiro atoms. The molecule has 3 heterocycles. The van der Waals surface area contributed by atoms with Crippen LogP contribution >= 0.6 is 0 Å². The predicted octanol–water partition coefficient (Wildman–Crippen LogP) is 0.615. The fourth-order valence-electron chi connectivity index (χ4n) is 3.68. The first-order chi connectivity index (χ1) is 12.0. The Labute approximate surface area is 145 Å². The summed E-state index contributed by atoms with van der Waals surface area (Å²) in [6.45, 7) is 3.32. The smallest absolute Gasteiger partial charge is 0.332 e. The van der Waals surface area contributed by atoms with Gasteiger partial charge in [-0.05, 0) is 25.7 Å². The Balaban J connectivity index is 1.83. The molecule has 3 rings (SSSR count). The van der Waals surface area contributed by atoms with Crippen molar-refractivity contribution in [3.63, 3.8) is 0 Å². The van der Waals surface area contributed by atoms with Crippen LogP contribution in [0, 0.1) is 0 Å². The number of carbonyl (C=O) groups excluding carboxylic acids is 1. The number of aryl methyl sites for hydroxylation is 2. The van der Waals surface area contributed by atoms with E-state index in [0.717, 1.165) is 30.4 Å². The van der Waals surface area contributed by atoms with Crippen LogP contribution in [0.15, 0.2) is 15.9 Å². The number of likely N-dealkylation sites (tertiary alicyclic amines) is 1. The van der Waals surface area contributed by atoms with E-state index in [0.29, 0.717) is 30.2 Å². The summed E-state index contributed by atoms with van der Waals surface area (Å²) >= 11 is 0. The van der Waals surface area contributed by atoms with Crippen LogP contribution in [0.4, 0.5) is 0 Å². The summed E-state index contributed by atoms with van der Waals surface area (Å²) in [4.78, 5) is 43.2. The topological polar surface area (TPSA) is 82.1 Å². The molecule has 1 fully saturated rings. The maximum atomic E-state index is 12.6. The highest BCUT2D eigenvalue weighted by Gasteiger charge is 2.25. The third-order valence-corrected chi connectivity index (χ3v) is 5.20. The molecule has 8 heteroatoms. The van der Waals surface area contributed by atoms with Gasteiger partial charge in [-0.1, -0.05) is 6.92 Å². The molecule has 1 saturated heterocycles. The molecule has 1 aliphatic rings. The van der Waals surface area contributed by atoms with E-state index in [2.05, 4.69) is 11.9 Å². The fourth-order valence-corrected chi connectivity index (χ4v) is 3.68. The van der Waals surface area contributed by atoms with Crippen molar-refractivity contribution >= 4 is 17.1 Å². The first-order valence-corrected chi connectivity index (χ1v) is 8.86. The Kier molecular flexibility index (Phi) is 4.78. The molecule has 0 bridgehead atoms. The third kappa shape index (κ3) is 3.01. The Bertz CT molecular complexity index is 907. The van der Waals surface area contributed by atoms with E-state index in [-0.39, 0.29) is 11.5 Å². The molecule has 1 aliphatic heterocycles. The van der Waals surface area contributed by atoms with Crippen LogP contribution in [-0.4, -0.2) is 42.1 Å². The standard InChI is InChI=1S/C17H25N5O3/c1-4-12-7-5-6-9-22(12)13(23)8-10-21-11-18-15-14(21)16(24)20(3)17(25)19(15)2/h11-12H,4-10H2,1-3H3/t12-/m0/s1. The van der Waals surface area contributed by atoms with Gasteiger partial charge in [0.15, 0.2) is 11.2 Å². The summed E-state index contributed by atoms with van der Waals surface area (Å²) in [5.74, 6) is 0.120. The number of amides is 1. The van der Waals surface area contributed by atoms with Gasteiger partial charge in [0.1, 0.15) is 0 Å². The first-order valence-electron chi connectivity index (χ1n) is 8.86. The Morgan fingerprint density at radius 2 is 2.00 bits per heavy atom. The van der Waals surface area contributed by atoms with Crippen molar-refractivity contribution in [2.45, 2.75) is 51.6 Å². The SMILES string of the molecule is CC[C@H]1CCCCN1C(=O)CCn1cnc2c1c(=O)n(C)c(=O)n2C. The summed E-state index contributed by atoms with van der Waals surface area (Å²) < 4.78 is 4.10. The van der Waals surface area contributed by atoms with E-state index < -0.39 is 5.69 Å². The summed E-state index contributed by atoms with van der Waals surface area (Å²) in [6.07, 6.45) is 6.14. The number of imidazole rings is 1. The van der Waals surface area contributed by atoms with E-state index in [4.69, 9.17) is 0 Å². The molecule has 1 atom stereocenters. The van der Waals surface area contributed by atoms with Crippen molar-refractivity contribution in [3.8, 4) is 0 Å². The van der Waals surface area contributed by atoms with Crippen molar-refractivity contribution in [2.24, 2.45) is 14.1 Å². The lowest BCUT2D eigenvalue weighted by Crippen LogP contribution is -2.43. The number of hydrogen-bond acceptors (Lipinski definition) is 4. The van der Waals surface area contributed by atoms with E-state index in [1.54, 1.807) is 11.6 Å². The number of rotatable bonds is 4. The van der Waals surface area contributed by atoms with Gasteiger partial charge in [0.25, 0.3) is 5.56 Å². The van der Waals surface area contributed by atoms with Gasteiger partial charge in [-0.15, -0.1) is 0 Å². The van der Waals surface area contributed by atoms with Gasteiger partial charge in [0.05, 0.1) is 6.33 Å². The first kappa shape index (κ1) is 17.4. The molecule has 2 aromatic rings. The number of fused-ring (bicyclic) bond motifs is 1. The van der Waals surface area contributed by atoms with Gasteiger partial charge in [-0.2, -0.15) is 0 Å². The lowest BCUT2D eigenvalue weighted by atomic mass is 9.99. The average molecular weight is 347 g/mol.